The Hall–Kier alpha value is -1.11. The summed E-state index contributed by atoms with van der Waals surface area (Å²) >= 11 is 0. The Morgan fingerprint density at radius 1 is 1.44 bits per heavy atom. The van der Waals surface area contributed by atoms with E-state index in [-0.39, 0.29) is 6.04 Å². The van der Waals surface area contributed by atoms with Crippen molar-refractivity contribution in [2.75, 3.05) is 13.1 Å². The number of nitrogens with one attached hydrogen (secondary N) is 1. The molecule has 0 spiro atoms. The molecule has 1 N–H and O–H groups in total. The second-order valence-corrected chi connectivity index (χ2v) is 3.97. The van der Waals surface area contributed by atoms with Crippen LogP contribution in [0.15, 0.2) is 6.33 Å². The molecule has 7 heteroatoms. The molecule has 4 nitrogen and oxygen atoms in total. The van der Waals surface area contributed by atoms with Gasteiger partial charge < -0.3 is 0 Å². The predicted octanol–water partition coefficient (Wildman–Crippen LogP) is 1.89. The van der Waals surface area contributed by atoms with Gasteiger partial charge in [-0.15, -0.1) is 0 Å². The van der Waals surface area contributed by atoms with Crippen LogP contribution in [0.2, 0.25) is 0 Å². The first-order valence-electron chi connectivity index (χ1n) is 5.22. The highest BCUT2D eigenvalue weighted by atomic mass is 19.4. The van der Waals surface area contributed by atoms with Crippen LogP contribution in [-0.2, 0) is 0 Å². The number of alkyl halides is 3. The van der Waals surface area contributed by atoms with Gasteiger partial charge in [-0.3, -0.25) is 10.00 Å². The molecule has 0 amide bonds. The van der Waals surface area contributed by atoms with E-state index in [0.29, 0.717) is 18.8 Å². The van der Waals surface area contributed by atoms with Crippen molar-refractivity contribution < 1.29 is 13.2 Å². The fourth-order valence-corrected chi connectivity index (χ4v) is 2.10. The molecule has 1 aliphatic heterocycles. The minimum Gasteiger partial charge on any atom is -0.285 e. The molecule has 16 heavy (non-hydrogen) atoms. The molecule has 1 saturated heterocycles. The number of H-pyrrole nitrogens is 1. The highest BCUT2D eigenvalue weighted by Crippen LogP contribution is 2.31. The van der Waals surface area contributed by atoms with Crippen molar-refractivity contribution >= 4 is 0 Å². The van der Waals surface area contributed by atoms with Crippen LogP contribution in [0.5, 0.6) is 0 Å². The largest absolute Gasteiger partial charge is 0.401 e. The molecule has 0 saturated carbocycles. The topological polar surface area (TPSA) is 44.8 Å². The molecule has 1 aromatic rings. The molecule has 1 unspecified atom stereocenters. The molecule has 2 rings (SSSR count). The Kier molecular flexibility index (Phi) is 3.13. The zero-order valence-corrected chi connectivity index (χ0v) is 8.67. The number of aromatic nitrogens is 3. The Balaban J connectivity index is 2.08. The normalized spacial score (nSPS) is 23.6. The third-order valence-corrected chi connectivity index (χ3v) is 2.75. The maximum Gasteiger partial charge on any atom is 0.401 e. The summed E-state index contributed by atoms with van der Waals surface area (Å²) in [6.45, 7) is -0.413. The van der Waals surface area contributed by atoms with E-state index < -0.39 is 12.7 Å². The van der Waals surface area contributed by atoms with E-state index in [1.807, 2.05) is 0 Å². The van der Waals surface area contributed by atoms with Gasteiger partial charge in [-0.25, -0.2) is 4.98 Å². The van der Waals surface area contributed by atoms with Crippen molar-refractivity contribution in [3.05, 3.63) is 12.2 Å². The smallest absolute Gasteiger partial charge is 0.285 e. The van der Waals surface area contributed by atoms with Gasteiger partial charge in [0.05, 0.1) is 12.6 Å². The van der Waals surface area contributed by atoms with Crippen molar-refractivity contribution in [3.63, 3.8) is 0 Å². The van der Waals surface area contributed by atoms with Gasteiger partial charge in [0.1, 0.15) is 12.2 Å². The summed E-state index contributed by atoms with van der Waals surface area (Å²) in [6.07, 6.45) is -0.392. The maximum atomic E-state index is 12.4. The van der Waals surface area contributed by atoms with Gasteiger partial charge in [-0.1, -0.05) is 6.42 Å². The average Bonchev–Trinajstić information content (AvgIpc) is 2.69. The van der Waals surface area contributed by atoms with Gasteiger partial charge in [0, 0.05) is 0 Å². The second kappa shape index (κ2) is 4.40. The van der Waals surface area contributed by atoms with Crippen molar-refractivity contribution in [1.82, 2.24) is 20.1 Å². The fraction of sp³-hybridized carbons (Fsp3) is 0.778. The summed E-state index contributed by atoms with van der Waals surface area (Å²) in [5.41, 5.74) is 0. The lowest BCUT2D eigenvalue weighted by atomic mass is 10.0. The van der Waals surface area contributed by atoms with E-state index in [2.05, 4.69) is 15.2 Å². The molecule has 0 aliphatic carbocycles. The van der Waals surface area contributed by atoms with E-state index in [1.54, 1.807) is 0 Å². The Morgan fingerprint density at radius 2 is 2.25 bits per heavy atom. The number of likely N-dealkylation sites (tertiary alicyclic amines) is 1. The summed E-state index contributed by atoms with van der Waals surface area (Å²) in [4.78, 5) is 5.37. The number of halogens is 3. The summed E-state index contributed by atoms with van der Waals surface area (Å²) in [6, 6.07) is -0.280. The molecule has 1 aliphatic rings. The molecule has 1 fully saturated rings. The first-order chi connectivity index (χ1) is 7.56. The molecule has 90 valence electrons. The van der Waals surface area contributed by atoms with Gasteiger partial charge in [-0.2, -0.15) is 18.3 Å². The lowest BCUT2D eigenvalue weighted by molar-refractivity contribution is -0.154. The van der Waals surface area contributed by atoms with Crippen LogP contribution in [0.3, 0.4) is 0 Å². The average molecular weight is 234 g/mol. The van der Waals surface area contributed by atoms with Crippen molar-refractivity contribution in [2.24, 2.45) is 0 Å². The van der Waals surface area contributed by atoms with E-state index in [1.165, 1.54) is 11.2 Å². The van der Waals surface area contributed by atoms with Gasteiger partial charge >= 0.3 is 6.18 Å². The SMILES string of the molecule is FC(F)(F)CN1CCCCC1c1ncn[nH]1. The molecule has 2 heterocycles. The van der Waals surface area contributed by atoms with E-state index in [9.17, 15) is 13.2 Å². The Bertz CT molecular complexity index is 322. The van der Waals surface area contributed by atoms with Crippen molar-refractivity contribution in [2.45, 2.75) is 31.5 Å². The van der Waals surface area contributed by atoms with Crippen LogP contribution in [0.4, 0.5) is 13.2 Å². The van der Waals surface area contributed by atoms with Gasteiger partial charge in [0.15, 0.2) is 0 Å². The van der Waals surface area contributed by atoms with E-state index >= 15 is 0 Å². The summed E-state index contributed by atoms with van der Waals surface area (Å²) in [5, 5.41) is 6.34. The van der Waals surface area contributed by atoms with Crippen molar-refractivity contribution in [1.29, 1.82) is 0 Å². The number of piperidine rings is 1. The van der Waals surface area contributed by atoms with Crippen LogP contribution < -0.4 is 0 Å². The number of hydrogen-bond donors (Lipinski definition) is 1. The van der Waals surface area contributed by atoms with Crippen LogP contribution in [0.25, 0.3) is 0 Å². The predicted molar refractivity (Wildman–Crippen MR) is 50.6 cm³/mol. The molecule has 0 radical (unpaired) electrons. The lowest BCUT2D eigenvalue weighted by Gasteiger charge is -2.34. The summed E-state index contributed by atoms with van der Waals surface area (Å²) in [5.74, 6) is 0.531. The van der Waals surface area contributed by atoms with Crippen LogP contribution in [0.1, 0.15) is 31.1 Å². The monoisotopic (exact) mass is 234 g/mol. The first kappa shape index (κ1) is 11.4. The zero-order valence-electron chi connectivity index (χ0n) is 8.67. The van der Waals surface area contributed by atoms with E-state index in [4.69, 9.17) is 0 Å². The standard InChI is InChI=1S/C9H13F3N4/c10-9(11,12)5-16-4-2-1-3-7(16)8-13-6-14-15-8/h6-7H,1-5H2,(H,13,14,15). The number of nitrogens with zero attached hydrogens (tertiary/aromatic N) is 3. The molecular weight excluding hydrogens is 221 g/mol. The molecular formula is C9H13F3N4. The highest BCUT2D eigenvalue weighted by molar-refractivity contribution is 4.95. The van der Waals surface area contributed by atoms with E-state index in [0.717, 1.165) is 12.8 Å². The third kappa shape index (κ3) is 2.72. The van der Waals surface area contributed by atoms with Crippen LogP contribution >= 0.6 is 0 Å². The summed E-state index contributed by atoms with van der Waals surface area (Å²) < 4.78 is 37.1. The Morgan fingerprint density at radius 3 is 2.88 bits per heavy atom. The van der Waals surface area contributed by atoms with Gasteiger partial charge in [-0.05, 0) is 19.4 Å². The molecule has 0 aromatic carbocycles. The van der Waals surface area contributed by atoms with Crippen molar-refractivity contribution in [3.8, 4) is 0 Å². The Labute approximate surface area is 90.9 Å². The quantitative estimate of drug-likeness (QED) is 0.849. The lowest BCUT2D eigenvalue weighted by Crippen LogP contribution is -2.40. The minimum absolute atomic E-state index is 0.280. The number of rotatable bonds is 2. The van der Waals surface area contributed by atoms with Crippen LogP contribution in [-0.4, -0.2) is 39.3 Å². The number of aromatic amines is 1. The molecule has 1 atom stereocenters. The zero-order chi connectivity index (χ0) is 11.6. The fourth-order valence-electron chi connectivity index (χ4n) is 2.10. The molecule has 0 bridgehead atoms. The third-order valence-electron chi connectivity index (χ3n) is 2.75. The highest BCUT2D eigenvalue weighted by Gasteiger charge is 2.36. The first-order valence-corrected chi connectivity index (χ1v) is 5.22. The number of hydrogen-bond acceptors (Lipinski definition) is 3. The van der Waals surface area contributed by atoms with Gasteiger partial charge in [0.25, 0.3) is 0 Å². The second-order valence-electron chi connectivity index (χ2n) is 3.97. The van der Waals surface area contributed by atoms with Crippen LogP contribution in [0, 0.1) is 0 Å². The minimum atomic E-state index is -4.16. The maximum absolute atomic E-state index is 12.4. The van der Waals surface area contributed by atoms with Gasteiger partial charge in [0.2, 0.25) is 0 Å². The summed E-state index contributed by atoms with van der Waals surface area (Å²) in [7, 11) is 0. The molecule has 1 aromatic heterocycles.